The second-order valence-electron chi connectivity index (χ2n) is 6.07. The standard InChI is InChI=1S/C23H19FO/c1-16-10-11-18(15-25)14-20(16)13-12-19-6-5-8-21(17(19)2)22-7-3-4-9-23(22)24/h3-15H,1-2H3/b13-12+. The fourth-order valence-electron chi connectivity index (χ4n) is 2.90. The van der Waals surface area contributed by atoms with Gasteiger partial charge in [0.2, 0.25) is 0 Å². The fourth-order valence-corrected chi connectivity index (χ4v) is 2.90. The Morgan fingerprint density at radius 3 is 2.28 bits per heavy atom. The van der Waals surface area contributed by atoms with E-state index < -0.39 is 0 Å². The van der Waals surface area contributed by atoms with E-state index in [4.69, 9.17) is 0 Å². The number of aryl methyl sites for hydroxylation is 1. The largest absolute Gasteiger partial charge is 0.298 e. The maximum Gasteiger partial charge on any atom is 0.150 e. The summed E-state index contributed by atoms with van der Waals surface area (Å²) in [7, 11) is 0. The lowest BCUT2D eigenvalue weighted by molar-refractivity contribution is 0.112. The summed E-state index contributed by atoms with van der Waals surface area (Å²) in [5, 5.41) is 0. The van der Waals surface area contributed by atoms with E-state index in [1.165, 1.54) is 6.07 Å². The van der Waals surface area contributed by atoms with E-state index in [0.717, 1.165) is 34.1 Å². The Morgan fingerprint density at radius 2 is 1.52 bits per heavy atom. The summed E-state index contributed by atoms with van der Waals surface area (Å²) in [5.41, 5.74) is 6.30. The van der Waals surface area contributed by atoms with E-state index in [9.17, 15) is 9.18 Å². The molecule has 0 heterocycles. The number of rotatable bonds is 4. The lowest BCUT2D eigenvalue weighted by atomic mass is 9.95. The summed E-state index contributed by atoms with van der Waals surface area (Å²) in [4.78, 5) is 11.0. The molecule has 0 aliphatic heterocycles. The van der Waals surface area contributed by atoms with Gasteiger partial charge in [0.05, 0.1) is 0 Å². The van der Waals surface area contributed by atoms with E-state index >= 15 is 0 Å². The number of hydrogen-bond acceptors (Lipinski definition) is 1. The lowest BCUT2D eigenvalue weighted by Gasteiger charge is -2.10. The minimum Gasteiger partial charge on any atom is -0.298 e. The number of carbonyl (C=O) groups is 1. The van der Waals surface area contributed by atoms with Crippen LogP contribution in [-0.2, 0) is 0 Å². The van der Waals surface area contributed by atoms with E-state index in [1.807, 2.05) is 68.5 Å². The summed E-state index contributed by atoms with van der Waals surface area (Å²) in [6.07, 6.45) is 4.85. The number of halogens is 1. The molecule has 0 aliphatic rings. The predicted octanol–water partition coefficient (Wildman–Crippen LogP) is 6.09. The van der Waals surface area contributed by atoms with Crippen molar-refractivity contribution in [3.8, 4) is 11.1 Å². The highest BCUT2D eigenvalue weighted by Gasteiger charge is 2.08. The third kappa shape index (κ3) is 3.58. The van der Waals surface area contributed by atoms with Crippen molar-refractivity contribution >= 4 is 18.4 Å². The van der Waals surface area contributed by atoms with Gasteiger partial charge < -0.3 is 0 Å². The van der Waals surface area contributed by atoms with Crippen LogP contribution in [0.15, 0.2) is 60.7 Å². The SMILES string of the molecule is Cc1ccc(C=O)cc1/C=C/c1cccc(-c2ccccc2F)c1C. The zero-order valence-electron chi connectivity index (χ0n) is 14.3. The lowest BCUT2D eigenvalue weighted by Crippen LogP contribution is -1.90. The molecule has 0 fully saturated rings. The Morgan fingerprint density at radius 1 is 0.800 bits per heavy atom. The van der Waals surface area contributed by atoms with Crippen molar-refractivity contribution in [2.75, 3.05) is 0 Å². The van der Waals surface area contributed by atoms with Crippen LogP contribution in [0.2, 0.25) is 0 Å². The minimum absolute atomic E-state index is 0.221. The Kier molecular flexibility index (Phi) is 4.90. The first kappa shape index (κ1) is 16.8. The predicted molar refractivity (Wildman–Crippen MR) is 102 cm³/mol. The van der Waals surface area contributed by atoms with Gasteiger partial charge in [-0.3, -0.25) is 4.79 Å². The van der Waals surface area contributed by atoms with Gasteiger partial charge in [0, 0.05) is 11.1 Å². The van der Waals surface area contributed by atoms with Crippen molar-refractivity contribution < 1.29 is 9.18 Å². The second kappa shape index (κ2) is 7.27. The maximum atomic E-state index is 14.1. The van der Waals surface area contributed by atoms with Crippen molar-refractivity contribution in [2.45, 2.75) is 13.8 Å². The molecule has 0 spiro atoms. The van der Waals surface area contributed by atoms with Gasteiger partial charge in [0.1, 0.15) is 12.1 Å². The minimum atomic E-state index is -0.221. The molecule has 0 bridgehead atoms. The van der Waals surface area contributed by atoms with Crippen LogP contribution in [0.5, 0.6) is 0 Å². The van der Waals surface area contributed by atoms with Gasteiger partial charge in [-0.25, -0.2) is 4.39 Å². The summed E-state index contributed by atoms with van der Waals surface area (Å²) in [6, 6.07) is 18.3. The Hall–Kier alpha value is -3.00. The van der Waals surface area contributed by atoms with Gasteiger partial charge in [-0.15, -0.1) is 0 Å². The molecule has 0 aromatic heterocycles. The molecule has 25 heavy (non-hydrogen) atoms. The average molecular weight is 330 g/mol. The molecular weight excluding hydrogens is 311 g/mol. The van der Waals surface area contributed by atoms with Gasteiger partial charge in [0.15, 0.2) is 0 Å². The van der Waals surface area contributed by atoms with Crippen LogP contribution in [0.1, 0.15) is 32.6 Å². The summed E-state index contributed by atoms with van der Waals surface area (Å²) >= 11 is 0. The molecule has 0 unspecified atom stereocenters. The summed E-state index contributed by atoms with van der Waals surface area (Å²) in [5.74, 6) is -0.221. The molecule has 1 nitrogen and oxygen atoms in total. The topological polar surface area (TPSA) is 17.1 Å². The third-order valence-corrected chi connectivity index (χ3v) is 4.42. The summed E-state index contributed by atoms with van der Waals surface area (Å²) < 4.78 is 14.1. The van der Waals surface area contributed by atoms with E-state index in [-0.39, 0.29) is 5.82 Å². The van der Waals surface area contributed by atoms with Crippen LogP contribution in [0.4, 0.5) is 4.39 Å². The quantitative estimate of drug-likeness (QED) is 0.418. The van der Waals surface area contributed by atoms with Crippen LogP contribution in [0.25, 0.3) is 23.3 Å². The van der Waals surface area contributed by atoms with Crippen LogP contribution in [-0.4, -0.2) is 6.29 Å². The van der Waals surface area contributed by atoms with Gasteiger partial charge >= 0.3 is 0 Å². The van der Waals surface area contributed by atoms with Gasteiger partial charge in [-0.2, -0.15) is 0 Å². The molecule has 0 saturated carbocycles. The maximum absolute atomic E-state index is 14.1. The van der Waals surface area contributed by atoms with Crippen molar-refractivity contribution in [3.63, 3.8) is 0 Å². The van der Waals surface area contributed by atoms with Crippen molar-refractivity contribution in [2.24, 2.45) is 0 Å². The van der Waals surface area contributed by atoms with Crippen molar-refractivity contribution in [1.82, 2.24) is 0 Å². The molecule has 0 atom stereocenters. The molecule has 3 rings (SSSR count). The smallest absolute Gasteiger partial charge is 0.150 e. The van der Waals surface area contributed by atoms with E-state index in [1.54, 1.807) is 12.1 Å². The van der Waals surface area contributed by atoms with E-state index in [2.05, 4.69) is 0 Å². The zero-order valence-corrected chi connectivity index (χ0v) is 14.3. The van der Waals surface area contributed by atoms with Crippen molar-refractivity contribution in [3.05, 3.63) is 94.3 Å². The molecule has 0 radical (unpaired) electrons. The van der Waals surface area contributed by atoms with Crippen LogP contribution in [0, 0.1) is 19.7 Å². The molecular formula is C23H19FO. The Balaban J connectivity index is 2.01. The van der Waals surface area contributed by atoms with E-state index in [0.29, 0.717) is 11.1 Å². The molecule has 3 aromatic rings. The molecule has 0 aliphatic carbocycles. The fraction of sp³-hybridized carbons (Fsp3) is 0.0870. The number of aldehydes is 1. The molecule has 124 valence electrons. The summed E-state index contributed by atoms with van der Waals surface area (Å²) in [6.45, 7) is 4.01. The van der Waals surface area contributed by atoms with Gasteiger partial charge in [-0.05, 0) is 53.8 Å². The molecule has 3 aromatic carbocycles. The Labute approximate surface area is 147 Å². The molecule has 2 heteroatoms. The van der Waals surface area contributed by atoms with Gasteiger partial charge in [-0.1, -0.05) is 60.7 Å². The van der Waals surface area contributed by atoms with Crippen LogP contribution in [0.3, 0.4) is 0 Å². The molecule has 0 saturated heterocycles. The van der Waals surface area contributed by atoms with Crippen molar-refractivity contribution in [1.29, 1.82) is 0 Å². The third-order valence-electron chi connectivity index (χ3n) is 4.42. The van der Waals surface area contributed by atoms with Crippen LogP contribution >= 0.6 is 0 Å². The molecule has 0 amide bonds. The number of hydrogen-bond donors (Lipinski definition) is 0. The number of benzene rings is 3. The normalized spacial score (nSPS) is 11.0. The highest BCUT2D eigenvalue weighted by atomic mass is 19.1. The highest BCUT2D eigenvalue weighted by molar-refractivity contribution is 5.81. The first-order valence-corrected chi connectivity index (χ1v) is 8.18. The second-order valence-corrected chi connectivity index (χ2v) is 6.07. The monoisotopic (exact) mass is 330 g/mol. The first-order valence-electron chi connectivity index (χ1n) is 8.18. The first-order chi connectivity index (χ1) is 12.1. The molecule has 0 N–H and O–H groups in total. The number of carbonyl (C=O) groups excluding carboxylic acids is 1. The van der Waals surface area contributed by atoms with Gasteiger partial charge in [0.25, 0.3) is 0 Å². The highest BCUT2D eigenvalue weighted by Crippen LogP contribution is 2.29. The Bertz CT molecular complexity index is 954. The zero-order chi connectivity index (χ0) is 17.8. The average Bonchev–Trinajstić information content (AvgIpc) is 2.63. The van der Waals surface area contributed by atoms with Crippen LogP contribution < -0.4 is 0 Å².